The number of hydrogen-bond donors (Lipinski definition) is 0. The molecule has 2 saturated heterocycles. The zero-order valence-electron chi connectivity index (χ0n) is 22.4. The molecule has 0 aromatic rings. The lowest BCUT2D eigenvalue weighted by molar-refractivity contribution is -0.154. The van der Waals surface area contributed by atoms with E-state index in [4.69, 9.17) is 18.6 Å². The normalized spacial score (nSPS) is 29.3. The van der Waals surface area contributed by atoms with Gasteiger partial charge in [0.1, 0.15) is 17.7 Å². The van der Waals surface area contributed by atoms with Crippen LogP contribution in [-0.4, -0.2) is 61.6 Å². The van der Waals surface area contributed by atoms with Crippen LogP contribution in [-0.2, 0) is 18.6 Å². The molecule has 188 valence electrons. The van der Waals surface area contributed by atoms with E-state index in [9.17, 15) is 10.1 Å². The van der Waals surface area contributed by atoms with Gasteiger partial charge in [-0.3, -0.25) is 4.90 Å². The van der Waals surface area contributed by atoms with Crippen molar-refractivity contribution in [1.29, 1.82) is 5.26 Å². The van der Waals surface area contributed by atoms with Crippen molar-refractivity contribution in [3.05, 3.63) is 12.2 Å². The predicted molar refractivity (Wildman–Crippen MR) is 131 cm³/mol. The molecule has 0 aromatic carbocycles. The van der Waals surface area contributed by atoms with E-state index >= 15 is 0 Å². The Morgan fingerprint density at radius 3 is 2.27 bits per heavy atom. The molecule has 0 aliphatic carbocycles. The SMILES string of the molecule is C/C=C\[C@@H]1C[C@H](C#N)N(C(=O)OC(C)(C)C)[C@H]1[C@H](O[Si](C)(C)C(C)(C)C)[C@H]1COC(C)(C)O1. The molecule has 33 heavy (non-hydrogen) atoms. The lowest BCUT2D eigenvalue weighted by Crippen LogP contribution is -2.58. The van der Waals surface area contributed by atoms with E-state index in [1.165, 1.54) is 0 Å². The number of hydrogen-bond acceptors (Lipinski definition) is 6. The summed E-state index contributed by atoms with van der Waals surface area (Å²) in [5, 5.41) is 9.93. The first-order chi connectivity index (χ1) is 14.9. The number of amides is 1. The van der Waals surface area contributed by atoms with Crippen molar-refractivity contribution in [3.8, 4) is 6.07 Å². The number of carbonyl (C=O) groups excluding carboxylic acids is 1. The first-order valence-corrected chi connectivity index (χ1v) is 14.9. The Hall–Kier alpha value is -1.40. The molecule has 2 aliphatic heterocycles. The Morgan fingerprint density at radius 2 is 1.85 bits per heavy atom. The standard InChI is InChI=1S/C25H44N2O5Si/c1-12-13-17-14-18(15-26)27(22(28)31-23(2,3)4)20(17)21(19-16-29-25(8,9)30-19)32-33(10,11)24(5,6)7/h12-13,17-21H,14,16H2,1-11H3/b13-12-/t17-,18-,19-,20-,21-/m1/s1. The number of rotatable bonds is 5. The van der Waals surface area contributed by atoms with Crippen molar-refractivity contribution < 1.29 is 23.4 Å². The minimum absolute atomic E-state index is 0.0414. The van der Waals surface area contributed by atoms with Gasteiger partial charge in [0.05, 0.1) is 24.8 Å². The molecule has 7 nitrogen and oxygen atoms in total. The minimum atomic E-state index is -2.27. The van der Waals surface area contributed by atoms with Crippen molar-refractivity contribution >= 4 is 14.4 Å². The molecule has 2 fully saturated rings. The maximum absolute atomic E-state index is 13.4. The van der Waals surface area contributed by atoms with Crippen molar-refractivity contribution in [2.45, 2.75) is 123 Å². The Labute approximate surface area is 201 Å². The van der Waals surface area contributed by atoms with Gasteiger partial charge in [-0.2, -0.15) is 5.26 Å². The van der Waals surface area contributed by atoms with Crippen LogP contribution in [0.15, 0.2) is 12.2 Å². The topological polar surface area (TPSA) is 81.0 Å². The van der Waals surface area contributed by atoms with Crippen molar-refractivity contribution in [3.63, 3.8) is 0 Å². The highest BCUT2D eigenvalue weighted by atomic mass is 28.4. The summed E-state index contributed by atoms with van der Waals surface area (Å²) in [6.45, 7) is 22.6. The Balaban J connectivity index is 2.58. The molecule has 0 bridgehead atoms. The summed E-state index contributed by atoms with van der Waals surface area (Å²) in [5.74, 6) is -0.797. The lowest BCUT2D eigenvalue weighted by atomic mass is 9.92. The summed E-state index contributed by atoms with van der Waals surface area (Å²) in [6.07, 6.45) is 3.26. The fourth-order valence-electron chi connectivity index (χ4n) is 4.20. The molecular formula is C25H44N2O5Si. The van der Waals surface area contributed by atoms with Gasteiger partial charge >= 0.3 is 6.09 Å². The van der Waals surface area contributed by atoms with Crippen molar-refractivity contribution in [2.75, 3.05) is 6.61 Å². The highest BCUT2D eigenvalue weighted by molar-refractivity contribution is 6.74. The maximum atomic E-state index is 13.4. The van der Waals surface area contributed by atoms with Gasteiger partial charge in [0.15, 0.2) is 14.1 Å². The summed E-state index contributed by atoms with van der Waals surface area (Å²) in [6, 6.07) is 1.32. The third-order valence-electron chi connectivity index (χ3n) is 6.75. The molecule has 2 aliphatic rings. The van der Waals surface area contributed by atoms with E-state index in [1.807, 2.05) is 47.6 Å². The van der Waals surface area contributed by atoms with Crippen LogP contribution in [0.1, 0.15) is 68.7 Å². The van der Waals surface area contributed by atoms with Crippen LogP contribution < -0.4 is 0 Å². The van der Waals surface area contributed by atoms with Crippen LogP contribution in [0, 0.1) is 17.2 Å². The zero-order chi connectivity index (χ0) is 25.4. The maximum Gasteiger partial charge on any atom is 0.411 e. The van der Waals surface area contributed by atoms with Crippen LogP contribution in [0.5, 0.6) is 0 Å². The molecule has 0 unspecified atom stereocenters. The third kappa shape index (κ3) is 6.59. The van der Waals surface area contributed by atoms with Gasteiger partial charge < -0.3 is 18.6 Å². The van der Waals surface area contributed by atoms with Crippen LogP contribution in [0.3, 0.4) is 0 Å². The van der Waals surface area contributed by atoms with Gasteiger partial charge in [-0.1, -0.05) is 32.9 Å². The smallest absolute Gasteiger partial charge is 0.411 e. The van der Waals surface area contributed by atoms with Crippen LogP contribution in [0.25, 0.3) is 0 Å². The molecular weight excluding hydrogens is 436 g/mol. The van der Waals surface area contributed by atoms with Gasteiger partial charge in [0, 0.05) is 5.92 Å². The first kappa shape index (κ1) is 27.8. The van der Waals surface area contributed by atoms with E-state index < -0.39 is 44.0 Å². The quantitative estimate of drug-likeness (QED) is 0.375. The number of nitrogens with zero attached hydrogens (tertiary/aromatic N) is 2. The second-order valence-electron chi connectivity index (χ2n) is 12.2. The van der Waals surface area contributed by atoms with E-state index in [1.54, 1.807) is 4.90 Å². The monoisotopic (exact) mass is 480 g/mol. The van der Waals surface area contributed by atoms with Gasteiger partial charge in [0.2, 0.25) is 0 Å². The first-order valence-electron chi connectivity index (χ1n) is 12.0. The second-order valence-corrected chi connectivity index (χ2v) is 16.9. The van der Waals surface area contributed by atoms with Gasteiger partial charge in [-0.15, -0.1) is 0 Å². The largest absolute Gasteiger partial charge is 0.444 e. The Morgan fingerprint density at radius 1 is 1.24 bits per heavy atom. The second kappa shape index (κ2) is 9.69. The Kier molecular flexibility index (Phi) is 8.17. The lowest BCUT2D eigenvalue weighted by Gasteiger charge is -2.45. The van der Waals surface area contributed by atoms with Crippen molar-refractivity contribution in [2.24, 2.45) is 5.92 Å². The Bertz CT molecular complexity index is 775. The van der Waals surface area contributed by atoms with E-state index in [0.29, 0.717) is 13.0 Å². The number of likely N-dealkylation sites (tertiary alicyclic amines) is 1. The highest BCUT2D eigenvalue weighted by Gasteiger charge is 2.55. The van der Waals surface area contributed by atoms with Crippen LogP contribution in [0.4, 0.5) is 4.79 Å². The molecule has 0 radical (unpaired) electrons. The molecule has 0 N–H and O–H groups in total. The summed E-state index contributed by atoms with van der Waals surface area (Å²) >= 11 is 0. The molecule has 0 saturated carbocycles. The zero-order valence-corrected chi connectivity index (χ0v) is 23.4. The van der Waals surface area contributed by atoms with E-state index in [2.05, 4.69) is 46.0 Å². The average molecular weight is 481 g/mol. The molecule has 2 heterocycles. The average Bonchev–Trinajstić information content (AvgIpc) is 3.17. The predicted octanol–water partition coefficient (Wildman–Crippen LogP) is 5.62. The number of allylic oxidation sites excluding steroid dienone is 1. The summed E-state index contributed by atoms with van der Waals surface area (Å²) in [4.78, 5) is 15.0. The number of nitriles is 1. The molecule has 0 aromatic heterocycles. The van der Waals surface area contributed by atoms with Crippen LogP contribution >= 0.6 is 0 Å². The minimum Gasteiger partial charge on any atom is -0.444 e. The molecule has 8 heteroatoms. The van der Waals surface area contributed by atoms with Crippen molar-refractivity contribution in [1.82, 2.24) is 4.90 Å². The van der Waals surface area contributed by atoms with E-state index in [0.717, 1.165) is 0 Å². The van der Waals surface area contributed by atoms with Crippen LogP contribution in [0.2, 0.25) is 18.1 Å². The summed E-state index contributed by atoms with van der Waals surface area (Å²) in [7, 11) is -2.27. The van der Waals surface area contributed by atoms with Gasteiger partial charge in [-0.05, 0) is 66.1 Å². The summed E-state index contributed by atoms with van der Waals surface area (Å²) < 4.78 is 25.0. The fraction of sp³-hybridized carbons (Fsp3) is 0.840. The molecule has 0 spiro atoms. The summed E-state index contributed by atoms with van der Waals surface area (Å²) in [5.41, 5.74) is -0.676. The van der Waals surface area contributed by atoms with Gasteiger partial charge in [0.25, 0.3) is 0 Å². The molecule has 2 rings (SSSR count). The number of carbonyl (C=O) groups is 1. The highest BCUT2D eigenvalue weighted by Crippen LogP contribution is 2.43. The molecule has 1 amide bonds. The van der Waals surface area contributed by atoms with E-state index in [-0.39, 0.29) is 17.1 Å². The molecule has 5 atom stereocenters. The number of ether oxygens (including phenoxy) is 3. The fourth-order valence-corrected chi connectivity index (χ4v) is 5.53. The van der Waals surface area contributed by atoms with Gasteiger partial charge in [-0.25, -0.2) is 4.79 Å². The third-order valence-corrected chi connectivity index (χ3v) is 11.2.